The van der Waals surface area contributed by atoms with Gasteiger partial charge < -0.3 is 5.32 Å². The normalized spacial score (nSPS) is 12.9. The zero-order chi connectivity index (χ0) is 13.8. The largest absolute Gasteiger partial charge is 0.305 e. The standard InChI is InChI=1S/C16H20ClNS/c1-11(2)13-4-6-14(7-5-13)12(3)18-9-16-8-15(17)10-19-16/h4-8,10-12,18H,9H2,1-3H3. The first-order valence-corrected chi connectivity index (χ1v) is 7.88. The third kappa shape index (κ3) is 4.07. The van der Waals surface area contributed by atoms with Crippen molar-refractivity contribution in [3.05, 3.63) is 56.7 Å². The molecule has 0 fully saturated rings. The van der Waals surface area contributed by atoms with E-state index in [1.165, 1.54) is 16.0 Å². The number of rotatable bonds is 5. The SMILES string of the molecule is CC(C)c1ccc(C(C)NCc2cc(Cl)cs2)cc1. The Morgan fingerprint density at radius 1 is 1.11 bits per heavy atom. The molecule has 1 aromatic heterocycles. The monoisotopic (exact) mass is 293 g/mol. The summed E-state index contributed by atoms with van der Waals surface area (Å²) in [6.07, 6.45) is 0. The minimum Gasteiger partial charge on any atom is -0.305 e. The van der Waals surface area contributed by atoms with Crippen molar-refractivity contribution in [2.75, 3.05) is 0 Å². The Morgan fingerprint density at radius 2 is 1.74 bits per heavy atom. The van der Waals surface area contributed by atoms with E-state index < -0.39 is 0 Å². The first-order valence-electron chi connectivity index (χ1n) is 6.62. The second-order valence-corrected chi connectivity index (χ2v) is 6.59. The van der Waals surface area contributed by atoms with E-state index in [0.29, 0.717) is 12.0 Å². The van der Waals surface area contributed by atoms with E-state index in [2.05, 4.69) is 50.4 Å². The lowest BCUT2D eigenvalue weighted by atomic mass is 9.99. The van der Waals surface area contributed by atoms with Crippen LogP contribution >= 0.6 is 22.9 Å². The number of thiophene rings is 1. The molecule has 1 aromatic carbocycles. The van der Waals surface area contributed by atoms with Crippen molar-refractivity contribution < 1.29 is 0 Å². The molecular formula is C16H20ClNS. The maximum atomic E-state index is 5.92. The topological polar surface area (TPSA) is 12.0 Å². The summed E-state index contributed by atoms with van der Waals surface area (Å²) in [5.41, 5.74) is 2.72. The van der Waals surface area contributed by atoms with Crippen molar-refractivity contribution in [2.45, 2.75) is 39.3 Å². The van der Waals surface area contributed by atoms with Crippen molar-refractivity contribution in [2.24, 2.45) is 0 Å². The molecule has 0 bridgehead atoms. The molecule has 3 heteroatoms. The Bertz CT molecular complexity index is 516. The first kappa shape index (κ1) is 14.6. The molecule has 1 atom stereocenters. The fraction of sp³-hybridized carbons (Fsp3) is 0.375. The highest BCUT2D eigenvalue weighted by molar-refractivity contribution is 7.10. The zero-order valence-corrected chi connectivity index (χ0v) is 13.2. The third-order valence-electron chi connectivity index (χ3n) is 3.31. The number of halogens is 1. The van der Waals surface area contributed by atoms with Crippen molar-refractivity contribution >= 4 is 22.9 Å². The summed E-state index contributed by atoms with van der Waals surface area (Å²) in [6.45, 7) is 7.50. The summed E-state index contributed by atoms with van der Waals surface area (Å²) in [4.78, 5) is 1.27. The van der Waals surface area contributed by atoms with Crippen LogP contribution in [0.5, 0.6) is 0 Å². The van der Waals surface area contributed by atoms with Gasteiger partial charge in [0.15, 0.2) is 0 Å². The molecule has 0 amide bonds. The Labute approximate surface area is 124 Å². The van der Waals surface area contributed by atoms with Gasteiger partial charge in [0.25, 0.3) is 0 Å². The Balaban J connectivity index is 1.94. The Kier molecular flexibility index (Phi) is 5.03. The Morgan fingerprint density at radius 3 is 2.26 bits per heavy atom. The van der Waals surface area contributed by atoms with Crippen LogP contribution < -0.4 is 5.32 Å². The summed E-state index contributed by atoms with van der Waals surface area (Å²) in [5.74, 6) is 0.588. The van der Waals surface area contributed by atoms with Crippen LogP contribution in [-0.2, 0) is 6.54 Å². The van der Waals surface area contributed by atoms with E-state index in [-0.39, 0.29) is 0 Å². The van der Waals surface area contributed by atoms with E-state index in [1.54, 1.807) is 11.3 Å². The maximum absolute atomic E-state index is 5.92. The summed E-state index contributed by atoms with van der Waals surface area (Å²) < 4.78 is 0. The van der Waals surface area contributed by atoms with Crippen molar-refractivity contribution in [1.29, 1.82) is 0 Å². The summed E-state index contributed by atoms with van der Waals surface area (Å²) in [7, 11) is 0. The van der Waals surface area contributed by atoms with E-state index in [4.69, 9.17) is 11.6 Å². The highest BCUT2D eigenvalue weighted by Gasteiger charge is 2.06. The summed E-state index contributed by atoms with van der Waals surface area (Å²) in [5, 5.41) is 6.33. The van der Waals surface area contributed by atoms with E-state index in [1.807, 2.05) is 11.4 Å². The van der Waals surface area contributed by atoms with Crippen molar-refractivity contribution in [1.82, 2.24) is 5.32 Å². The molecule has 0 aliphatic rings. The fourth-order valence-corrected chi connectivity index (χ4v) is 3.01. The van der Waals surface area contributed by atoms with Crippen LogP contribution in [0.2, 0.25) is 5.02 Å². The second kappa shape index (κ2) is 6.56. The van der Waals surface area contributed by atoms with Crippen LogP contribution in [0, 0.1) is 0 Å². The average Bonchev–Trinajstić information content (AvgIpc) is 2.82. The molecule has 1 N–H and O–H groups in total. The lowest BCUT2D eigenvalue weighted by molar-refractivity contribution is 0.578. The molecule has 0 aliphatic heterocycles. The second-order valence-electron chi connectivity index (χ2n) is 5.16. The zero-order valence-electron chi connectivity index (χ0n) is 11.6. The van der Waals surface area contributed by atoms with Gasteiger partial charge in [0.1, 0.15) is 0 Å². The minimum absolute atomic E-state index is 0.349. The van der Waals surface area contributed by atoms with E-state index in [0.717, 1.165) is 11.6 Å². The number of hydrogen-bond acceptors (Lipinski definition) is 2. The van der Waals surface area contributed by atoms with Crippen LogP contribution in [-0.4, -0.2) is 0 Å². The number of benzene rings is 1. The van der Waals surface area contributed by atoms with Gasteiger partial charge in [-0.05, 0) is 30.0 Å². The molecule has 19 heavy (non-hydrogen) atoms. The summed E-state index contributed by atoms with van der Waals surface area (Å²) >= 11 is 7.62. The Hall–Kier alpha value is -0.830. The highest BCUT2D eigenvalue weighted by atomic mass is 35.5. The van der Waals surface area contributed by atoms with E-state index >= 15 is 0 Å². The molecule has 0 spiro atoms. The molecule has 1 nitrogen and oxygen atoms in total. The van der Waals surface area contributed by atoms with Gasteiger partial charge in [-0.1, -0.05) is 49.7 Å². The van der Waals surface area contributed by atoms with Crippen LogP contribution in [0.1, 0.15) is 48.7 Å². The minimum atomic E-state index is 0.349. The van der Waals surface area contributed by atoms with Crippen molar-refractivity contribution in [3.8, 4) is 0 Å². The predicted octanol–water partition coefficient (Wildman–Crippen LogP) is 5.38. The lowest BCUT2D eigenvalue weighted by Gasteiger charge is -2.15. The van der Waals surface area contributed by atoms with Gasteiger partial charge in [-0.3, -0.25) is 0 Å². The third-order valence-corrected chi connectivity index (χ3v) is 4.59. The molecule has 0 radical (unpaired) electrons. The van der Waals surface area contributed by atoms with Crippen LogP contribution in [0.3, 0.4) is 0 Å². The molecular weight excluding hydrogens is 274 g/mol. The average molecular weight is 294 g/mol. The molecule has 2 rings (SSSR count). The number of hydrogen-bond donors (Lipinski definition) is 1. The molecule has 0 saturated carbocycles. The first-order chi connectivity index (χ1) is 9.06. The van der Waals surface area contributed by atoms with Gasteiger partial charge in [-0.2, -0.15) is 0 Å². The quantitative estimate of drug-likeness (QED) is 0.781. The van der Waals surface area contributed by atoms with Gasteiger partial charge >= 0.3 is 0 Å². The number of nitrogens with one attached hydrogen (secondary N) is 1. The van der Waals surface area contributed by atoms with E-state index in [9.17, 15) is 0 Å². The molecule has 2 aromatic rings. The maximum Gasteiger partial charge on any atom is 0.0516 e. The van der Waals surface area contributed by atoms with Crippen molar-refractivity contribution in [3.63, 3.8) is 0 Å². The van der Waals surface area contributed by atoms with Gasteiger partial charge in [-0.25, -0.2) is 0 Å². The molecule has 0 aliphatic carbocycles. The fourth-order valence-electron chi connectivity index (χ4n) is 1.99. The molecule has 102 valence electrons. The van der Waals surface area contributed by atoms with Crippen LogP contribution in [0.25, 0.3) is 0 Å². The van der Waals surface area contributed by atoms with Gasteiger partial charge in [0, 0.05) is 22.8 Å². The van der Waals surface area contributed by atoms with Gasteiger partial charge in [0.2, 0.25) is 0 Å². The van der Waals surface area contributed by atoms with Crippen LogP contribution in [0.4, 0.5) is 0 Å². The predicted molar refractivity (Wildman–Crippen MR) is 85.1 cm³/mol. The summed E-state index contributed by atoms with van der Waals surface area (Å²) in [6, 6.07) is 11.2. The van der Waals surface area contributed by atoms with Crippen LogP contribution in [0.15, 0.2) is 35.7 Å². The smallest absolute Gasteiger partial charge is 0.0516 e. The molecule has 0 saturated heterocycles. The van der Waals surface area contributed by atoms with Gasteiger partial charge in [0.05, 0.1) is 5.02 Å². The highest BCUT2D eigenvalue weighted by Crippen LogP contribution is 2.21. The molecule has 1 heterocycles. The molecule has 1 unspecified atom stereocenters. The lowest BCUT2D eigenvalue weighted by Crippen LogP contribution is -2.17. The van der Waals surface area contributed by atoms with Gasteiger partial charge in [-0.15, -0.1) is 11.3 Å².